The van der Waals surface area contributed by atoms with Crippen molar-refractivity contribution in [3.8, 4) is 0 Å². The first-order valence-electron chi connectivity index (χ1n) is 6.55. The van der Waals surface area contributed by atoms with E-state index in [1.165, 1.54) is 18.4 Å². The van der Waals surface area contributed by atoms with Crippen LogP contribution in [0.3, 0.4) is 0 Å². The van der Waals surface area contributed by atoms with Crippen LogP contribution in [0.4, 0.5) is 5.69 Å². The second-order valence-electron chi connectivity index (χ2n) is 5.03. The van der Waals surface area contributed by atoms with E-state index < -0.39 is 0 Å². The molecular weight excluding hydrogens is 292 g/mol. The number of anilines is 1. The van der Waals surface area contributed by atoms with Crippen LogP contribution in [0, 0.1) is 6.92 Å². The summed E-state index contributed by atoms with van der Waals surface area (Å²) >= 11 is 3.51. The van der Waals surface area contributed by atoms with Crippen LogP contribution in [0.2, 0.25) is 0 Å². The number of aliphatic hydroxyl groups excluding tert-OH is 1. The minimum absolute atomic E-state index is 0.310. The van der Waals surface area contributed by atoms with E-state index in [-0.39, 0.29) is 6.10 Å². The third kappa shape index (κ3) is 3.97. The van der Waals surface area contributed by atoms with Crippen molar-refractivity contribution in [1.82, 2.24) is 4.90 Å². The van der Waals surface area contributed by atoms with Gasteiger partial charge in [-0.3, -0.25) is 0 Å². The summed E-state index contributed by atoms with van der Waals surface area (Å²) in [5.74, 6) is 0. The van der Waals surface area contributed by atoms with Gasteiger partial charge in [-0.25, -0.2) is 0 Å². The zero-order chi connectivity index (χ0) is 13.0. The van der Waals surface area contributed by atoms with E-state index in [2.05, 4.69) is 45.2 Å². The zero-order valence-electron chi connectivity index (χ0n) is 10.8. The van der Waals surface area contributed by atoms with Gasteiger partial charge in [0.15, 0.2) is 0 Å². The maximum absolute atomic E-state index is 10.0. The number of aryl methyl sites for hydroxylation is 1. The van der Waals surface area contributed by atoms with E-state index in [1.54, 1.807) is 0 Å². The Hall–Kier alpha value is -0.580. The molecule has 4 heteroatoms. The third-order valence-corrected chi connectivity index (χ3v) is 4.01. The standard InChI is InChI=1S/C14H21BrN2O/c1-11-4-5-13(15)14(8-11)16-9-12(18)10-17-6-2-3-7-17/h4-5,8,12,16,18H,2-3,6-7,9-10H2,1H3. The number of aliphatic hydroxyl groups is 1. The Kier molecular flexibility index (Phi) is 5.03. The average Bonchev–Trinajstić information content (AvgIpc) is 2.83. The number of benzene rings is 1. The number of hydrogen-bond acceptors (Lipinski definition) is 3. The lowest BCUT2D eigenvalue weighted by Crippen LogP contribution is -2.34. The summed E-state index contributed by atoms with van der Waals surface area (Å²) in [5, 5.41) is 13.3. The molecule has 0 spiro atoms. The molecule has 1 atom stereocenters. The number of nitrogens with zero attached hydrogens (tertiary/aromatic N) is 1. The SMILES string of the molecule is Cc1ccc(Br)c(NCC(O)CN2CCCC2)c1. The molecule has 2 rings (SSSR count). The molecule has 1 unspecified atom stereocenters. The number of rotatable bonds is 5. The summed E-state index contributed by atoms with van der Waals surface area (Å²) in [4.78, 5) is 2.33. The second-order valence-corrected chi connectivity index (χ2v) is 5.88. The smallest absolute Gasteiger partial charge is 0.0839 e. The molecular formula is C14H21BrN2O. The number of halogens is 1. The molecule has 100 valence electrons. The average molecular weight is 313 g/mol. The van der Waals surface area contributed by atoms with Crippen LogP contribution in [-0.2, 0) is 0 Å². The first-order valence-corrected chi connectivity index (χ1v) is 7.35. The molecule has 1 saturated heterocycles. The molecule has 1 heterocycles. The van der Waals surface area contributed by atoms with E-state index in [9.17, 15) is 5.11 Å². The van der Waals surface area contributed by atoms with Crippen molar-refractivity contribution in [3.63, 3.8) is 0 Å². The minimum Gasteiger partial charge on any atom is -0.390 e. The molecule has 0 bridgehead atoms. The van der Waals surface area contributed by atoms with Crippen molar-refractivity contribution in [3.05, 3.63) is 28.2 Å². The molecule has 3 nitrogen and oxygen atoms in total. The monoisotopic (exact) mass is 312 g/mol. The fourth-order valence-corrected chi connectivity index (χ4v) is 2.72. The van der Waals surface area contributed by atoms with Gasteiger partial charge in [0.1, 0.15) is 0 Å². The lowest BCUT2D eigenvalue weighted by atomic mass is 10.2. The van der Waals surface area contributed by atoms with Gasteiger partial charge in [0, 0.05) is 23.2 Å². The predicted octanol–water partition coefficient (Wildman–Crippen LogP) is 2.63. The van der Waals surface area contributed by atoms with Crippen molar-refractivity contribution < 1.29 is 5.11 Å². The van der Waals surface area contributed by atoms with Crippen molar-refractivity contribution in [1.29, 1.82) is 0 Å². The van der Waals surface area contributed by atoms with Crippen molar-refractivity contribution in [2.45, 2.75) is 25.9 Å². The Bertz CT molecular complexity index is 391. The molecule has 0 saturated carbocycles. The summed E-state index contributed by atoms with van der Waals surface area (Å²) in [6.07, 6.45) is 2.23. The fourth-order valence-electron chi connectivity index (χ4n) is 2.33. The topological polar surface area (TPSA) is 35.5 Å². The number of nitrogens with one attached hydrogen (secondary N) is 1. The largest absolute Gasteiger partial charge is 0.390 e. The third-order valence-electron chi connectivity index (χ3n) is 3.32. The van der Waals surface area contributed by atoms with Crippen LogP contribution in [0.15, 0.2) is 22.7 Å². The van der Waals surface area contributed by atoms with E-state index in [0.717, 1.165) is 29.8 Å². The Balaban J connectivity index is 1.81. The molecule has 0 aromatic heterocycles. The second kappa shape index (κ2) is 6.55. The summed E-state index contributed by atoms with van der Waals surface area (Å²) in [6.45, 7) is 5.70. The van der Waals surface area contributed by atoms with Crippen molar-refractivity contribution in [2.75, 3.05) is 31.5 Å². The molecule has 1 fully saturated rings. The van der Waals surface area contributed by atoms with Crippen LogP contribution >= 0.6 is 15.9 Å². The number of β-amino-alcohol motifs (C(OH)–C–C–N with tert-alkyl or cyclic N) is 1. The minimum atomic E-state index is -0.310. The highest BCUT2D eigenvalue weighted by Gasteiger charge is 2.15. The van der Waals surface area contributed by atoms with Gasteiger partial charge in [0.2, 0.25) is 0 Å². The fraction of sp³-hybridized carbons (Fsp3) is 0.571. The molecule has 0 aliphatic carbocycles. The van der Waals surface area contributed by atoms with Gasteiger partial charge in [-0.1, -0.05) is 6.07 Å². The van der Waals surface area contributed by atoms with Gasteiger partial charge < -0.3 is 15.3 Å². The molecule has 0 radical (unpaired) electrons. The maximum atomic E-state index is 10.0. The van der Waals surface area contributed by atoms with Gasteiger partial charge >= 0.3 is 0 Å². The van der Waals surface area contributed by atoms with Gasteiger partial charge in [0.25, 0.3) is 0 Å². The van der Waals surface area contributed by atoms with Crippen molar-refractivity contribution in [2.24, 2.45) is 0 Å². The highest BCUT2D eigenvalue weighted by atomic mass is 79.9. The summed E-state index contributed by atoms with van der Waals surface area (Å²) in [6, 6.07) is 6.19. The van der Waals surface area contributed by atoms with Crippen molar-refractivity contribution >= 4 is 21.6 Å². The van der Waals surface area contributed by atoms with Crippen LogP contribution in [0.1, 0.15) is 18.4 Å². The van der Waals surface area contributed by atoms with Gasteiger partial charge in [-0.2, -0.15) is 0 Å². The Morgan fingerprint density at radius 3 is 2.83 bits per heavy atom. The van der Waals surface area contributed by atoms with E-state index >= 15 is 0 Å². The van der Waals surface area contributed by atoms with Crippen LogP contribution in [0.5, 0.6) is 0 Å². The summed E-state index contributed by atoms with van der Waals surface area (Å²) in [5.41, 5.74) is 2.27. The van der Waals surface area contributed by atoms with Gasteiger partial charge in [-0.05, 0) is 66.5 Å². The molecule has 2 N–H and O–H groups in total. The first kappa shape index (κ1) is 13.8. The Morgan fingerprint density at radius 2 is 2.11 bits per heavy atom. The summed E-state index contributed by atoms with van der Waals surface area (Å²) < 4.78 is 1.04. The maximum Gasteiger partial charge on any atom is 0.0839 e. The molecule has 0 amide bonds. The van der Waals surface area contributed by atoms with Crippen LogP contribution < -0.4 is 5.32 Å². The molecule has 1 aliphatic rings. The van der Waals surface area contributed by atoms with Gasteiger partial charge in [0.05, 0.1) is 6.10 Å². The zero-order valence-corrected chi connectivity index (χ0v) is 12.4. The number of hydrogen-bond donors (Lipinski definition) is 2. The van der Waals surface area contributed by atoms with Crippen LogP contribution in [0.25, 0.3) is 0 Å². The summed E-state index contributed by atoms with van der Waals surface area (Å²) in [7, 11) is 0. The normalized spacial score (nSPS) is 17.9. The van der Waals surface area contributed by atoms with Gasteiger partial charge in [-0.15, -0.1) is 0 Å². The highest BCUT2D eigenvalue weighted by molar-refractivity contribution is 9.10. The Labute approximate surface area is 117 Å². The quantitative estimate of drug-likeness (QED) is 0.877. The van der Waals surface area contributed by atoms with Crippen LogP contribution in [-0.4, -0.2) is 42.3 Å². The molecule has 1 aromatic rings. The lowest BCUT2D eigenvalue weighted by Gasteiger charge is -2.20. The van der Waals surface area contributed by atoms with E-state index in [4.69, 9.17) is 0 Å². The lowest BCUT2D eigenvalue weighted by molar-refractivity contribution is 0.135. The molecule has 1 aromatic carbocycles. The molecule has 1 aliphatic heterocycles. The Morgan fingerprint density at radius 1 is 1.39 bits per heavy atom. The molecule has 18 heavy (non-hydrogen) atoms. The van der Waals surface area contributed by atoms with E-state index in [0.29, 0.717) is 6.54 Å². The van der Waals surface area contributed by atoms with E-state index in [1.807, 2.05) is 6.07 Å². The number of likely N-dealkylation sites (tertiary alicyclic amines) is 1. The highest BCUT2D eigenvalue weighted by Crippen LogP contribution is 2.23. The predicted molar refractivity (Wildman–Crippen MR) is 79.0 cm³/mol. The first-order chi connectivity index (χ1) is 8.65.